The maximum Gasteiger partial charge on any atom is 0.319 e. The summed E-state index contributed by atoms with van der Waals surface area (Å²) in [5.41, 5.74) is 2.01. The van der Waals surface area contributed by atoms with E-state index >= 15 is 0 Å². The maximum atomic E-state index is 12.0. The fourth-order valence-corrected chi connectivity index (χ4v) is 2.16. The van der Waals surface area contributed by atoms with Gasteiger partial charge in [0.05, 0.1) is 6.54 Å². The lowest BCUT2D eigenvalue weighted by atomic mass is 10.2. The molecule has 0 saturated heterocycles. The van der Waals surface area contributed by atoms with Gasteiger partial charge in [-0.2, -0.15) is 5.10 Å². The number of aromatic amines is 1. The molecule has 1 aromatic carbocycles. The summed E-state index contributed by atoms with van der Waals surface area (Å²) >= 11 is 0. The molecule has 3 aromatic rings. The maximum absolute atomic E-state index is 12.0. The largest absolute Gasteiger partial charge is 0.472 e. The number of aryl methyl sites for hydroxylation is 2. The molecule has 10 heteroatoms. The molecule has 0 spiro atoms. The quantitative estimate of drug-likeness (QED) is 0.551. The molecule has 2 amide bonds. The van der Waals surface area contributed by atoms with Gasteiger partial charge in [0.25, 0.3) is 5.88 Å². The Balaban J connectivity index is 1.49. The number of rotatable bonds is 7. The Morgan fingerprint density at radius 1 is 1.35 bits per heavy atom. The first-order chi connectivity index (χ1) is 12.7. The molecular weight excluding hydrogens is 338 g/mol. The van der Waals surface area contributed by atoms with Gasteiger partial charge in [-0.3, -0.25) is 5.10 Å². The van der Waals surface area contributed by atoms with E-state index in [9.17, 15) is 4.79 Å². The number of hydrogen-bond acceptors (Lipinski definition) is 7. The zero-order valence-electron chi connectivity index (χ0n) is 14.4. The van der Waals surface area contributed by atoms with Crippen molar-refractivity contribution in [3.05, 3.63) is 35.8 Å². The minimum absolute atomic E-state index is 0.250. The monoisotopic (exact) mass is 357 g/mol. The van der Waals surface area contributed by atoms with Crippen LogP contribution in [-0.2, 0) is 6.42 Å². The molecule has 2 aromatic heterocycles. The third-order valence-corrected chi connectivity index (χ3v) is 3.48. The number of benzene rings is 1. The molecular formula is C16H19N7O3. The van der Waals surface area contributed by atoms with Gasteiger partial charge in [-0.05, 0) is 24.2 Å². The van der Waals surface area contributed by atoms with Crippen LogP contribution in [0.25, 0.3) is 11.4 Å². The summed E-state index contributed by atoms with van der Waals surface area (Å²) in [4.78, 5) is 16.4. The summed E-state index contributed by atoms with van der Waals surface area (Å²) in [7, 11) is 0. The van der Waals surface area contributed by atoms with E-state index in [-0.39, 0.29) is 12.6 Å². The van der Waals surface area contributed by atoms with E-state index in [1.54, 1.807) is 13.0 Å². The molecule has 10 nitrogen and oxygen atoms in total. The molecule has 0 aliphatic carbocycles. The number of carbonyl (C=O) groups excluding carboxylic acids is 1. The molecule has 0 saturated carbocycles. The first-order valence-corrected chi connectivity index (χ1v) is 8.14. The molecule has 0 atom stereocenters. The summed E-state index contributed by atoms with van der Waals surface area (Å²) in [6.45, 7) is 4.27. The van der Waals surface area contributed by atoms with Crippen molar-refractivity contribution in [2.75, 3.05) is 18.5 Å². The summed E-state index contributed by atoms with van der Waals surface area (Å²) in [6.07, 6.45) is 0.777. The predicted octanol–water partition coefficient (Wildman–Crippen LogP) is 1.93. The van der Waals surface area contributed by atoms with E-state index < -0.39 is 0 Å². The predicted molar refractivity (Wildman–Crippen MR) is 92.7 cm³/mol. The van der Waals surface area contributed by atoms with Crippen molar-refractivity contribution in [3.63, 3.8) is 0 Å². The minimum atomic E-state index is -0.343. The zero-order chi connectivity index (χ0) is 18.4. The third-order valence-electron chi connectivity index (χ3n) is 3.48. The standard InChI is InChI=1S/C16H19N7O3/c1-3-13-19-14(21-20-13)11-5-4-6-12(9-11)18-16(24)17-7-8-25-15-10(2)22-26-23-15/h4-6,9H,3,7-8H2,1-2H3,(H2,17,18,24)(H,19,20,21). The molecule has 2 heterocycles. The molecule has 0 aliphatic heterocycles. The fraction of sp³-hybridized carbons (Fsp3) is 0.312. The second kappa shape index (κ2) is 8.10. The van der Waals surface area contributed by atoms with Crippen molar-refractivity contribution >= 4 is 11.7 Å². The van der Waals surface area contributed by atoms with Gasteiger partial charge in [-0.1, -0.05) is 24.2 Å². The molecule has 3 N–H and O–H groups in total. The van der Waals surface area contributed by atoms with Gasteiger partial charge in [0, 0.05) is 17.7 Å². The number of amides is 2. The fourth-order valence-electron chi connectivity index (χ4n) is 2.16. The number of hydrogen-bond donors (Lipinski definition) is 3. The third kappa shape index (κ3) is 4.35. The summed E-state index contributed by atoms with van der Waals surface area (Å²) < 4.78 is 9.86. The number of ether oxygens (including phenoxy) is 1. The summed E-state index contributed by atoms with van der Waals surface area (Å²) in [5.74, 6) is 1.72. The smallest absolute Gasteiger partial charge is 0.319 e. The van der Waals surface area contributed by atoms with E-state index in [1.165, 1.54) is 0 Å². The van der Waals surface area contributed by atoms with Crippen LogP contribution in [0, 0.1) is 6.92 Å². The van der Waals surface area contributed by atoms with Crippen molar-refractivity contribution in [3.8, 4) is 17.3 Å². The van der Waals surface area contributed by atoms with Crippen molar-refractivity contribution < 1.29 is 14.2 Å². The van der Waals surface area contributed by atoms with Gasteiger partial charge >= 0.3 is 6.03 Å². The van der Waals surface area contributed by atoms with Crippen molar-refractivity contribution in [1.82, 2.24) is 30.8 Å². The summed E-state index contributed by atoms with van der Waals surface area (Å²) in [5, 5.41) is 19.7. The lowest BCUT2D eigenvalue weighted by molar-refractivity contribution is 0.240. The first kappa shape index (κ1) is 17.4. The number of anilines is 1. The number of urea groups is 1. The average Bonchev–Trinajstić information content (AvgIpc) is 3.28. The number of nitrogens with one attached hydrogen (secondary N) is 3. The Bertz CT molecular complexity index is 874. The van der Waals surface area contributed by atoms with Crippen LogP contribution in [0.4, 0.5) is 10.5 Å². The Morgan fingerprint density at radius 2 is 2.23 bits per heavy atom. The van der Waals surface area contributed by atoms with Gasteiger partial charge in [0.1, 0.15) is 18.1 Å². The van der Waals surface area contributed by atoms with E-state index in [2.05, 4.69) is 40.8 Å². The highest BCUT2D eigenvalue weighted by atomic mass is 16.6. The Hall–Kier alpha value is -3.43. The van der Waals surface area contributed by atoms with Crippen LogP contribution < -0.4 is 15.4 Å². The average molecular weight is 357 g/mol. The highest BCUT2D eigenvalue weighted by molar-refractivity contribution is 5.89. The SMILES string of the molecule is CCc1nc(-c2cccc(NC(=O)NCCOc3nonc3C)c2)n[nH]1. The zero-order valence-corrected chi connectivity index (χ0v) is 14.4. The normalized spacial score (nSPS) is 10.5. The highest BCUT2D eigenvalue weighted by Gasteiger charge is 2.08. The van der Waals surface area contributed by atoms with Gasteiger partial charge < -0.3 is 15.4 Å². The molecule has 3 rings (SSSR count). The van der Waals surface area contributed by atoms with Gasteiger partial charge in [0.2, 0.25) is 0 Å². The summed E-state index contributed by atoms with van der Waals surface area (Å²) in [6, 6.07) is 6.97. The van der Waals surface area contributed by atoms with E-state index in [1.807, 2.05) is 25.1 Å². The van der Waals surface area contributed by atoms with Crippen LogP contribution in [0.2, 0.25) is 0 Å². The van der Waals surface area contributed by atoms with Gasteiger partial charge in [-0.25, -0.2) is 14.4 Å². The van der Waals surface area contributed by atoms with Gasteiger partial charge in [-0.15, -0.1) is 0 Å². The highest BCUT2D eigenvalue weighted by Crippen LogP contribution is 2.19. The first-order valence-electron chi connectivity index (χ1n) is 8.14. The molecule has 0 radical (unpaired) electrons. The number of carbonyl (C=O) groups is 1. The number of H-pyrrole nitrogens is 1. The molecule has 0 unspecified atom stereocenters. The Labute approximate surface area is 149 Å². The molecule has 136 valence electrons. The molecule has 0 aliphatic rings. The topological polar surface area (TPSA) is 131 Å². The van der Waals surface area contributed by atoms with Crippen LogP contribution in [0.15, 0.2) is 28.9 Å². The van der Waals surface area contributed by atoms with E-state index in [0.717, 1.165) is 17.8 Å². The lowest BCUT2D eigenvalue weighted by Crippen LogP contribution is -2.32. The second-order valence-electron chi connectivity index (χ2n) is 5.42. The van der Waals surface area contributed by atoms with E-state index in [0.29, 0.717) is 29.6 Å². The van der Waals surface area contributed by atoms with Crippen LogP contribution in [0.1, 0.15) is 18.4 Å². The number of nitrogens with zero attached hydrogens (tertiary/aromatic N) is 4. The second-order valence-corrected chi connectivity index (χ2v) is 5.42. The molecule has 26 heavy (non-hydrogen) atoms. The van der Waals surface area contributed by atoms with Crippen LogP contribution >= 0.6 is 0 Å². The van der Waals surface area contributed by atoms with Crippen molar-refractivity contribution in [2.24, 2.45) is 0 Å². The Kier molecular flexibility index (Phi) is 5.42. The van der Waals surface area contributed by atoms with E-state index in [4.69, 9.17) is 4.74 Å². The number of aromatic nitrogens is 5. The van der Waals surface area contributed by atoms with Crippen molar-refractivity contribution in [2.45, 2.75) is 20.3 Å². The van der Waals surface area contributed by atoms with Crippen LogP contribution in [0.5, 0.6) is 5.88 Å². The molecule has 0 bridgehead atoms. The molecule has 0 fully saturated rings. The van der Waals surface area contributed by atoms with Crippen LogP contribution in [-0.4, -0.2) is 44.7 Å². The van der Waals surface area contributed by atoms with Crippen LogP contribution in [0.3, 0.4) is 0 Å². The Morgan fingerprint density at radius 3 is 2.96 bits per heavy atom. The minimum Gasteiger partial charge on any atom is -0.472 e. The van der Waals surface area contributed by atoms with Crippen molar-refractivity contribution in [1.29, 1.82) is 0 Å². The lowest BCUT2D eigenvalue weighted by Gasteiger charge is -2.08. The van der Waals surface area contributed by atoms with Gasteiger partial charge in [0.15, 0.2) is 5.82 Å².